The van der Waals surface area contributed by atoms with E-state index in [1.54, 1.807) is 0 Å². The van der Waals surface area contributed by atoms with Crippen LogP contribution < -0.4 is 15.8 Å². The first kappa shape index (κ1) is 22.7. The quantitative estimate of drug-likeness (QED) is 0.722. The van der Waals surface area contributed by atoms with Crippen LogP contribution in [-0.4, -0.2) is 37.3 Å². The molecule has 2 rings (SSSR count). The number of hydrogen-bond acceptors (Lipinski definition) is 4. The second-order valence-electron chi connectivity index (χ2n) is 7.23. The number of nitrogens with two attached hydrogens (primary N) is 1. The molecule has 6 heteroatoms. The van der Waals surface area contributed by atoms with E-state index in [1.165, 1.54) is 5.56 Å². The van der Waals surface area contributed by atoms with Crippen molar-refractivity contribution in [1.29, 1.82) is 0 Å². The monoisotopic (exact) mass is 384 g/mol. The van der Waals surface area contributed by atoms with E-state index in [4.69, 9.17) is 15.2 Å². The third-order valence-corrected chi connectivity index (χ3v) is 4.63. The van der Waals surface area contributed by atoms with Crippen LogP contribution in [0.25, 0.3) is 0 Å². The summed E-state index contributed by atoms with van der Waals surface area (Å²) in [6.45, 7) is 7.48. The minimum atomic E-state index is -0.432. The minimum Gasteiger partial charge on any atom is -0.491 e. The molecule has 1 aromatic rings. The molecule has 0 radical (unpaired) electrons. The van der Waals surface area contributed by atoms with E-state index >= 15 is 0 Å². The van der Waals surface area contributed by atoms with Crippen LogP contribution in [0.1, 0.15) is 45.6 Å². The zero-order valence-electron chi connectivity index (χ0n) is 16.1. The van der Waals surface area contributed by atoms with E-state index in [9.17, 15) is 4.79 Å². The molecule has 1 amide bonds. The molecule has 148 valence electrons. The molecule has 0 aromatic heterocycles. The highest BCUT2D eigenvalue weighted by Crippen LogP contribution is 2.18. The number of carbonyl (C=O) groups excluding carboxylic acids is 1. The van der Waals surface area contributed by atoms with Crippen LogP contribution in [0.15, 0.2) is 24.3 Å². The van der Waals surface area contributed by atoms with Crippen molar-refractivity contribution < 1.29 is 14.3 Å². The van der Waals surface area contributed by atoms with Gasteiger partial charge in [-0.05, 0) is 70.1 Å². The molecule has 1 saturated heterocycles. The van der Waals surface area contributed by atoms with Gasteiger partial charge in [-0.1, -0.05) is 12.1 Å². The number of carbonyl (C=O) groups is 1. The Morgan fingerprint density at radius 3 is 2.42 bits per heavy atom. The Balaban J connectivity index is 0.00000338. The average Bonchev–Trinajstić information content (AvgIpc) is 2.60. The van der Waals surface area contributed by atoms with Crippen molar-refractivity contribution in [3.8, 4) is 5.75 Å². The molecule has 1 aromatic carbocycles. The van der Waals surface area contributed by atoms with Gasteiger partial charge in [0, 0.05) is 19.3 Å². The van der Waals surface area contributed by atoms with Gasteiger partial charge in [-0.2, -0.15) is 0 Å². The zero-order chi connectivity index (χ0) is 18.2. The Morgan fingerprint density at radius 2 is 1.85 bits per heavy atom. The molecule has 1 aliphatic rings. The third-order valence-electron chi connectivity index (χ3n) is 4.63. The van der Waals surface area contributed by atoms with Crippen molar-refractivity contribution in [3.63, 3.8) is 0 Å². The van der Waals surface area contributed by atoms with Gasteiger partial charge >= 0.3 is 0 Å². The molecule has 2 unspecified atom stereocenters. The highest BCUT2D eigenvalue weighted by Gasteiger charge is 2.27. The summed E-state index contributed by atoms with van der Waals surface area (Å²) < 4.78 is 11.0. The van der Waals surface area contributed by atoms with Crippen LogP contribution in [0, 0.1) is 5.92 Å². The van der Waals surface area contributed by atoms with E-state index in [0.29, 0.717) is 13.2 Å². The standard InChI is InChI=1S/C20H32N2O3.ClH/c1-14(2)25-18-8-6-16(7-9-18)5-4-15(3)22-20(23)19(21)17-10-12-24-13-11-17;/h6-9,14-15,17,19H,4-5,10-13,21H2,1-3H3,(H,22,23);1H. The highest BCUT2D eigenvalue weighted by molar-refractivity contribution is 5.85. The average molecular weight is 385 g/mol. The molecule has 0 bridgehead atoms. The summed E-state index contributed by atoms with van der Waals surface area (Å²) in [6.07, 6.45) is 3.72. The molecule has 1 aliphatic heterocycles. The molecule has 26 heavy (non-hydrogen) atoms. The first-order chi connectivity index (χ1) is 12.0. The van der Waals surface area contributed by atoms with Crippen LogP contribution in [0.2, 0.25) is 0 Å². The summed E-state index contributed by atoms with van der Waals surface area (Å²) in [6, 6.07) is 7.84. The van der Waals surface area contributed by atoms with Crippen molar-refractivity contribution in [2.24, 2.45) is 11.7 Å². The fourth-order valence-corrected chi connectivity index (χ4v) is 3.09. The van der Waals surface area contributed by atoms with Gasteiger partial charge in [-0.3, -0.25) is 4.79 Å². The van der Waals surface area contributed by atoms with Gasteiger partial charge in [-0.15, -0.1) is 12.4 Å². The molecule has 1 heterocycles. The fraction of sp³-hybridized carbons (Fsp3) is 0.650. The minimum absolute atomic E-state index is 0. The Kier molecular flexibility index (Phi) is 9.99. The third kappa shape index (κ3) is 7.52. The van der Waals surface area contributed by atoms with Crippen molar-refractivity contribution in [2.45, 2.75) is 64.6 Å². The number of ether oxygens (including phenoxy) is 2. The predicted octanol–water partition coefficient (Wildman–Crippen LogP) is 3.09. The van der Waals surface area contributed by atoms with Crippen molar-refractivity contribution >= 4 is 18.3 Å². The lowest BCUT2D eigenvalue weighted by molar-refractivity contribution is -0.125. The summed E-state index contributed by atoms with van der Waals surface area (Å²) in [4.78, 5) is 12.3. The summed E-state index contributed by atoms with van der Waals surface area (Å²) in [5, 5.41) is 3.06. The Labute approximate surface area is 163 Å². The van der Waals surface area contributed by atoms with E-state index in [-0.39, 0.29) is 36.4 Å². The van der Waals surface area contributed by atoms with Crippen molar-refractivity contribution in [2.75, 3.05) is 13.2 Å². The lowest BCUT2D eigenvalue weighted by atomic mass is 9.91. The molecule has 0 spiro atoms. The van der Waals surface area contributed by atoms with E-state index in [1.807, 2.05) is 32.9 Å². The smallest absolute Gasteiger partial charge is 0.237 e. The number of hydrogen-bond donors (Lipinski definition) is 2. The van der Waals surface area contributed by atoms with Crippen LogP contribution in [0.4, 0.5) is 0 Å². The zero-order valence-corrected chi connectivity index (χ0v) is 16.9. The molecular formula is C20H33ClN2O3. The lowest BCUT2D eigenvalue weighted by Gasteiger charge is -2.27. The first-order valence-corrected chi connectivity index (χ1v) is 9.35. The molecule has 3 N–H and O–H groups in total. The van der Waals surface area contributed by atoms with Crippen LogP contribution in [0.5, 0.6) is 5.75 Å². The summed E-state index contributed by atoms with van der Waals surface area (Å²) >= 11 is 0. The maximum atomic E-state index is 12.3. The summed E-state index contributed by atoms with van der Waals surface area (Å²) in [5.41, 5.74) is 7.36. The number of nitrogens with one attached hydrogen (secondary N) is 1. The van der Waals surface area contributed by atoms with Crippen molar-refractivity contribution in [3.05, 3.63) is 29.8 Å². The largest absolute Gasteiger partial charge is 0.491 e. The van der Waals surface area contributed by atoms with Crippen LogP contribution >= 0.6 is 12.4 Å². The van der Waals surface area contributed by atoms with Gasteiger partial charge in [0.1, 0.15) is 5.75 Å². The number of amides is 1. The molecule has 5 nitrogen and oxygen atoms in total. The summed E-state index contributed by atoms with van der Waals surface area (Å²) in [5.74, 6) is 1.08. The Hall–Kier alpha value is -1.30. The van der Waals surface area contributed by atoms with Gasteiger partial charge in [0.15, 0.2) is 0 Å². The highest BCUT2D eigenvalue weighted by atomic mass is 35.5. The normalized spacial score (nSPS) is 17.3. The van der Waals surface area contributed by atoms with Crippen LogP contribution in [-0.2, 0) is 16.0 Å². The maximum Gasteiger partial charge on any atom is 0.237 e. The number of aryl methyl sites for hydroxylation is 1. The van der Waals surface area contributed by atoms with E-state index in [0.717, 1.165) is 31.4 Å². The number of benzene rings is 1. The Morgan fingerprint density at radius 1 is 1.23 bits per heavy atom. The van der Waals surface area contributed by atoms with E-state index in [2.05, 4.69) is 17.4 Å². The number of rotatable bonds is 8. The predicted molar refractivity (Wildman–Crippen MR) is 107 cm³/mol. The van der Waals surface area contributed by atoms with Crippen LogP contribution in [0.3, 0.4) is 0 Å². The van der Waals surface area contributed by atoms with Crippen molar-refractivity contribution in [1.82, 2.24) is 5.32 Å². The van der Waals surface area contributed by atoms with Gasteiger partial charge in [0.05, 0.1) is 12.1 Å². The lowest BCUT2D eigenvalue weighted by Crippen LogP contribution is -2.49. The fourth-order valence-electron chi connectivity index (χ4n) is 3.09. The van der Waals surface area contributed by atoms with Gasteiger partial charge in [0.25, 0.3) is 0 Å². The SMILES string of the molecule is CC(CCc1ccc(OC(C)C)cc1)NC(=O)C(N)C1CCOCC1.Cl. The first-order valence-electron chi connectivity index (χ1n) is 9.35. The van der Waals surface area contributed by atoms with E-state index < -0.39 is 6.04 Å². The molecule has 0 saturated carbocycles. The number of halogens is 1. The van der Waals surface area contributed by atoms with Gasteiger partial charge < -0.3 is 20.5 Å². The second-order valence-corrected chi connectivity index (χ2v) is 7.23. The topological polar surface area (TPSA) is 73.6 Å². The Bertz CT molecular complexity index is 530. The van der Waals surface area contributed by atoms with Gasteiger partial charge in [-0.25, -0.2) is 0 Å². The summed E-state index contributed by atoms with van der Waals surface area (Å²) in [7, 11) is 0. The second kappa shape index (κ2) is 11.4. The van der Waals surface area contributed by atoms with Gasteiger partial charge in [0.2, 0.25) is 5.91 Å². The molecule has 1 fully saturated rings. The molecule has 0 aliphatic carbocycles. The molecule has 2 atom stereocenters. The maximum absolute atomic E-state index is 12.3. The molecular weight excluding hydrogens is 352 g/mol.